The van der Waals surface area contributed by atoms with Crippen LogP contribution in [-0.4, -0.2) is 44.9 Å². The zero-order valence-electron chi connectivity index (χ0n) is 16.4. The van der Waals surface area contributed by atoms with E-state index >= 15 is 0 Å². The summed E-state index contributed by atoms with van der Waals surface area (Å²) in [5.74, 6) is 0.131. The Labute approximate surface area is 162 Å². The van der Waals surface area contributed by atoms with Gasteiger partial charge in [0, 0.05) is 25.2 Å². The third-order valence-electron chi connectivity index (χ3n) is 4.66. The standard InChI is InChI=1S/C20H30N2O4S/c1-4-8-16(2)21-20(23)12-10-17-9-11-18(26-3)19(15-17)27(24,25)22-13-6-5-7-14-22/h9-12,15-16H,4-8,13-14H2,1-3H3,(H,21,23)/b12-10+/t16-/m0/s1. The van der Waals surface area contributed by atoms with Gasteiger partial charge in [0.25, 0.3) is 0 Å². The van der Waals surface area contributed by atoms with Crippen LogP contribution in [0, 0.1) is 0 Å². The number of benzene rings is 1. The average molecular weight is 395 g/mol. The molecular formula is C20H30N2O4S. The number of carbonyl (C=O) groups excluding carboxylic acids is 1. The van der Waals surface area contributed by atoms with Crippen molar-refractivity contribution in [2.45, 2.75) is 56.9 Å². The van der Waals surface area contributed by atoms with Gasteiger partial charge in [-0.25, -0.2) is 8.42 Å². The number of ether oxygens (including phenoxy) is 1. The molecule has 1 aromatic rings. The summed E-state index contributed by atoms with van der Waals surface area (Å²) < 4.78 is 32.8. The highest BCUT2D eigenvalue weighted by Gasteiger charge is 2.28. The van der Waals surface area contributed by atoms with Gasteiger partial charge in [0.1, 0.15) is 10.6 Å². The fourth-order valence-corrected chi connectivity index (χ4v) is 4.92. The third kappa shape index (κ3) is 5.81. The van der Waals surface area contributed by atoms with E-state index in [-0.39, 0.29) is 16.8 Å². The minimum absolute atomic E-state index is 0.109. The first kappa shape index (κ1) is 21.4. The number of amides is 1. The van der Waals surface area contributed by atoms with Crippen molar-refractivity contribution in [2.24, 2.45) is 0 Å². The quantitative estimate of drug-likeness (QED) is 0.687. The van der Waals surface area contributed by atoms with Crippen LogP contribution in [-0.2, 0) is 14.8 Å². The maximum Gasteiger partial charge on any atom is 0.246 e. The molecule has 2 rings (SSSR count). The molecule has 1 saturated heterocycles. The predicted octanol–water partition coefficient (Wildman–Crippen LogP) is 3.19. The molecule has 7 heteroatoms. The third-order valence-corrected chi connectivity index (χ3v) is 6.58. The lowest BCUT2D eigenvalue weighted by molar-refractivity contribution is -0.117. The van der Waals surface area contributed by atoms with E-state index in [2.05, 4.69) is 12.2 Å². The van der Waals surface area contributed by atoms with E-state index < -0.39 is 10.0 Å². The lowest BCUT2D eigenvalue weighted by Crippen LogP contribution is -2.35. The lowest BCUT2D eigenvalue weighted by atomic mass is 10.2. The molecule has 27 heavy (non-hydrogen) atoms. The van der Waals surface area contributed by atoms with E-state index in [0.29, 0.717) is 24.4 Å². The van der Waals surface area contributed by atoms with Crippen LogP contribution in [0.3, 0.4) is 0 Å². The lowest BCUT2D eigenvalue weighted by Gasteiger charge is -2.26. The van der Waals surface area contributed by atoms with E-state index in [1.54, 1.807) is 24.3 Å². The Bertz CT molecular complexity index is 768. The van der Waals surface area contributed by atoms with Crippen LogP contribution in [0.15, 0.2) is 29.2 Å². The van der Waals surface area contributed by atoms with Crippen LogP contribution >= 0.6 is 0 Å². The molecule has 1 aliphatic rings. The molecule has 0 bridgehead atoms. The molecule has 0 aliphatic carbocycles. The normalized spacial score (nSPS) is 17.0. The van der Waals surface area contributed by atoms with E-state index in [1.165, 1.54) is 17.5 Å². The highest BCUT2D eigenvalue weighted by atomic mass is 32.2. The van der Waals surface area contributed by atoms with Crippen LogP contribution in [0.1, 0.15) is 51.5 Å². The molecule has 1 aliphatic heterocycles. The topological polar surface area (TPSA) is 75.7 Å². The van der Waals surface area contributed by atoms with Gasteiger partial charge in [0.15, 0.2) is 0 Å². The van der Waals surface area contributed by atoms with Gasteiger partial charge in [-0.15, -0.1) is 0 Å². The van der Waals surface area contributed by atoms with Crippen molar-refractivity contribution in [1.82, 2.24) is 9.62 Å². The van der Waals surface area contributed by atoms with Gasteiger partial charge < -0.3 is 10.1 Å². The average Bonchev–Trinajstić information content (AvgIpc) is 2.67. The number of nitrogens with one attached hydrogen (secondary N) is 1. The summed E-state index contributed by atoms with van der Waals surface area (Å²) in [6.45, 7) is 5.10. The Hall–Kier alpha value is -1.86. The number of hydrogen-bond acceptors (Lipinski definition) is 4. The molecule has 1 atom stereocenters. The second-order valence-electron chi connectivity index (χ2n) is 6.91. The number of rotatable bonds is 8. The second kappa shape index (κ2) is 9.90. The molecule has 0 aromatic heterocycles. The Morgan fingerprint density at radius 1 is 1.30 bits per heavy atom. The second-order valence-corrected chi connectivity index (χ2v) is 8.81. The van der Waals surface area contributed by atoms with Gasteiger partial charge in [0.2, 0.25) is 15.9 Å². The van der Waals surface area contributed by atoms with E-state index in [0.717, 1.165) is 32.1 Å². The highest BCUT2D eigenvalue weighted by Crippen LogP contribution is 2.29. The summed E-state index contributed by atoms with van der Waals surface area (Å²) in [5.41, 5.74) is 0.643. The molecule has 0 spiro atoms. The summed E-state index contributed by atoms with van der Waals surface area (Å²) in [5, 5.41) is 2.89. The van der Waals surface area contributed by atoms with Crippen LogP contribution in [0.2, 0.25) is 0 Å². The SMILES string of the molecule is CCC[C@H](C)NC(=O)/C=C/c1ccc(OC)c(S(=O)(=O)N2CCCCC2)c1. The van der Waals surface area contributed by atoms with Gasteiger partial charge in [-0.3, -0.25) is 4.79 Å². The molecule has 1 aromatic carbocycles. The first-order valence-electron chi connectivity index (χ1n) is 9.55. The summed E-state index contributed by atoms with van der Waals surface area (Å²) in [4.78, 5) is 12.2. The highest BCUT2D eigenvalue weighted by molar-refractivity contribution is 7.89. The summed E-state index contributed by atoms with van der Waals surface area (Å²) in [6, 6.07) is 5.06. The summed E-state index contributed by atoms with van der Waals surface area (Å²) in [7, 11) is -2.16. The summed E-state index contributed by atoms with van der Waals surface area (Å²) in [6.07, 6.45) is 7.78. The Morgan fingerprint density at radius 3 is 2.63 bits per heavy atom. The van der Waals surface area contributed by atoms with Gasteiger partial charge in [0.05, 0.1) is 7.11 Å². The predicted molar refractivity (Wildman–Crippen MR) is 107 cm³/mol. The number of hydrogen-bond donors (Lipinski definition) is 1. The van der Waals surface area contributed by atoms with E-state index in [9.17, 15) is 13.2 Å². The fourth-order valence-electron chi connectivity index (χ4n) is 3.21. The van der Waals surface area contributed by atoms with Crippen LogP contribution in [0.25, 0.3) is 6.08 Å². The Kier molecular flexibility index (Phi) is 7.86. The van der Waals surface area contributed by atoms with Crippen LogP contribution in [0.5, 0.6) is 5.75 Å². The van der Waals surface area contributed by atoms with Crippen molar-refractivity contribution in [3.63, 3.8) is 0 Å². The molecule has 1 N–H and O–H groups in total. The molecule has 0 radical (unpaired) electrons. The van der Waals surface area contributed by atoms with Crippen molar-refractivity contribution in [2.75, 3.05) is 20.2 Å². The molecular weight excluding hydrogens is 364 g/mol. The maximum absolute atomic E-state index is 13.0. The number of nitrogens with zero attached hydrogens (tertiary/aromatic N) is 1. The largest absolute Gasteiger partial charge is 0.495 e. The first-order chi connectivity index (χ1) is 12.9. The molecule has 0 unspecified atom stereocenters. The fraction of sp³-hybridized carbons (Fsp3) is 0.550. The smallest absolute Gasteiger partial charge is 0.246 e. The molecule has 150 valence electrons. The van der Waals surface area contributed by atoms with Crippen molar-refractivity contribution in [1.29, 1.82) is 0 Å². The monoisotopic (exact) mass is 394 g/mol. The molecule has 1 heterocycles. The van der Waals surface area contributed by atoms with Crippen molar-refractivity contribution < 1.29 is 17.9 Å². The number of sulfonamides is 1. The van der Waals surface area contributed by atoms with Gasteiger partial charge >= 0.3 is 0 Å². The Balaban J connectivity index is 2.22. The van der Waals surface area contributed by atoms with E-state index in [1.807, 2.05) is 6.92 Å². The molecule has 1 amide bonds. The van der Waals surface area contributed by atoms with Gasteiger partial charge in [-0.1, -0.05) is 25.8 Å². The Morgan fingerprint density at radius 2 is 2.00 bits per heavy atom. The molecule has 1 fully saturated rings. The molecule has 0 saturated carbocycles. The number of piperidine rings is 1. The first-order valence-corrected chi connectivity index (χ1v) is 11.0. The van der Waals surface area contributed by atoms with E-state index in [4.69, 9.17) is 4.74 Å². The maximum atomic E-state index is 13.0. The number of carbonyl (C=O) groups is 1. The summed E-state index contributed by atoms with van der Waals surface area (Å²) >= 11 is 0. The molecule has 6 nitrogen and oxygen atoms in total. The minimum atomic E-state index is -3.62. The van der Waals surface area contributed by atoms with Crippen molar-refractivity contribution >= 4 is 22.0 Å². The van der Waals surface area contributed by atoms with Crippen molar-refractivity contribution in [3.8, 4) is 5.75 Å². The zero-order chi connectivity index (χ0) is 19.9. The van der Waals surface area contributed by atoms with Gasteiger partial charge in [-0.05, 0) is 50.0 Å². The van der Waals surface area contributed by atoms with Crippen molar-refractivity contribution in [3.05, 3.63) is 29.8 Å². The van der Waals surface area contributed by atoms with Crippen LogP contribution < -0.4 is 10.1 Å². The van der Waals surface area contributed by atoms with Crippen LogP contribution in [0.4, 0.5) is 0 Å². The van der Waals surface area contributed by atoms with Gasteiger partial charge in [-0.2, -0.15) is 4.31 Å². The minimum Gasteiger partial charge on any atom is -0.495 e. The zero-order valence-corrected chi connectivity index (χ0v) is 17.2. The number of methoxy groups -OCH3 is 1.